The number of nitrogens with zero attached hydrogens (tertiary/aromatic N) is 2. The number of ether oxygens (including phenoxy) is 2. The molecule has 18 heavy (non-hydrogen) atoms. The molecule has 0 saturated heterocycles. The van der Waals surface area contributed by atoms with Crippen molar-refractivity contribution in [3.63, 3.8) is 0 Å². The third-order valence-corrected chi connectivity index (χ3v) is 2.41. The second-order valence-electron chi connectivity index (χ2n) is 3.64. The summed E-state index contributed by atoms with van der Waals surface area (Å²) in [6.45, 7) is 0. The highest BCUT2D eigenvalue weighted by Crippen LogP contribution is 2.20. The molecule has 0 atom stereocenters. The molecule has 0 bridgehead atoms. The Labute approximate surface area is 104 Å². The van der Waals surface area contributed by atoms with Gasteiger partial charge in [0.25, 0.3) is 0 Å². The first kappa shape index (κ1) is 12.0. The zero-order chi connectivity index (χ0) is 13.1. The SMILES string of the molecule is COc1cccc(OC(=O)c2c(N)cnn2C)c1. The van der Waals surface area contributed by atoms with Gasteiger partial charge in [-0.15, -0.1) is 0 Å². The van der Waals surface area contributed by atoms with Crippen molar-refractivity contribution < 1.29 is 14.3 Å². The molecule has 2 rings (SSSR count). The minimum Gasteiger partial charge on any atom is -0.497 e. The number of hydrogen-bond acceptors (Lipinski definition) is 5. The van der Waals surface area contributed by atoms with Crippen LogP contribution in [0.4, 0.5) is 5.69 Å². The number of nitrogens with two attached hydrogens (primary N) is 1. The van der Waals surface area contributed by atoms with Crippen molar-refractivity contribution in [1.82, 2.24) is 9.78 Å². The molecule has 0 aliphatic heterocycles. The summed E-state index contributed by atoms with van der Waals surface area (Å²) < 4.78 is 11.6. The molecule has 2 aromatic rings. The predicted molar refractivity (Wildman–Crippen MR) is 65.6 cm³/mol. The van der Waals surface area contributed by atoms with E-state index in [4.69, 9.17) is 15.2 Å². The first-order valence-electron chi connectivity index (χ1n) is 5.25. The summed E-state index contributed by atoms with van der Waals surface area (Å²) in [7, 11) is 3.17. The highest BCUT2D eigenvalue weighted by atomic mass is 16.5. The van der Waals surface area contributed by atoms with Gasteiger partial charge in [0.1, 0.15) is 11.5 Å². The number of aryl methyl sites for hydroxylation is 1. The molecule has 6 nitrogen and oxygen atoms in total. The lowest BCUT2D eigenvalue weighted by Crippen LogP contribution is -2.15. The van der Waals surface area contributed by atoms with Crippen LogP contribution >= 0.6 is 0 Å². The van der Waals surface area contributed by atoms with E-state index >= 15 is 0 Å². The van der Waals surface area contributed by atoms with Crippen LogP contribution in [-0.2, 0) is 7.05 Å². The zero-order valence-corrected chi connectivity index (χ0v) is 10.1. The number of anilines is 1. The maximum Gasteiger partial charge on any atom is 0.364 e. The number of nitrogen functional groups attached to an aromatic ring is 1. The first-order chi connectivity index (χ1) is 8.61. The van der Waals surface area contributed by atoms with Crippen LogP contribution in [0.3, 0.4) is 0 Å². The molecule has 0 unspecified atom stereocenters. The molecule has 0 fully saturated rings. The van der Waals surface area contributed by atoms with Crippen molar-refractivity contribution in [2.24, 2.45) is 7.05 Å². The van der Waals surface area contributed by atoms with E-state index in [0.29, 0.717) is 11.5 Å². The molecule has 6 heteroatoms. The largest absolute Gasteiger partial charge is 0.497 e. The van der Waals surface area contributed by atoms with E-state index in [1.807, 2.05) is 0 Å². The van der Waals surface area contributed by atoms with Gasteiger partial charge in [0.05, 0.1) is 19.0 Å². The summed E-state index contributed by atoms with van der Waals surface area (Å²) in [4.78, 5) is 11.9. The van der Waals surface area contributed by atoms with Crippen molar-refractivity contribution in [3.05, 3.63) is 36.2 Å². The van der Waals surface area contributed by atoms with Gasteiger partial charge >= 0.3 is 5.97 Å². The van der Waals surface area contributed by atoms with Gasteiger partial charge in [0.15, 0.2) is 5.69 Å². The van der Waals surface area contributed by atoms with E-state index in [9.17, 15) is 4.79 Å². The van der Waals surface area contributed by atoms with Crippen LogP contribution < -0.4 is 15.2 Å². The molecule has 2 N–H and O–H groups in total. The third-order valence-electron chi connectivity index (χ3n) is 2.41. The number of esters is 1. The lowest BCUT2D eigenvalue weighted by atomic mass is 10.3. The van der Waals surface area contributed by atoms with Crippen LogP contribution in [0.15, 0.2) is 30.5 Å². The molecule has 0 radical (unpaired) electrons. The van der Waals surface area contributed by atoms with Gasteiger partial charge in [-0.25, -0.2) is 4.79 Å². The number of methoxy groups -OCH3 is 1. The van der Waals surface area contributed by atoms with Crippen LogP contribution in [0, 0.1) is 0 Å². The Kier molecular flexibility index (Phi) is 3.18. The molecule has 94 valence electrons. The number of aromatic nitrogens is 2. The van der Waals surface area contributed by atoms with Crippen LogP contribution in [0.25, 0.3) is 0 Å². The summed E-state index contributed by atoms with van der Waals surface area (Å²) >= 11 is 0. The van der Waals surface area contributed by atoms with E-state index in [-0.39, 0.29) is 11.4 Å². The van der Waals surface area contributed by atoms with Gasteiger partial charge < -0.3 is 15.2 Å². The topological polar surface area (TPSA) is 79.4 Å². The fourth-order valence-corrected chi connectivity index (χ4v) is 1.52. The summed E-state index contributed by atoms with van der Waals surface area (Å²) in [6.07, 6.45) is 1.40. The molecule has 0 spiro atoms. The summed E-state index contributed by atoms with van der Waals surface area (Å²) in [5, 5.41) is 3.88. The average Bonchev–Trinajstić information content (AvgIpc) is 2.69. The average molecular weight is 247 g/mol. The fourth-order valence-electron chi connectivity index (χ4n) is 1.52. The summed E-state index contributed by atoms with van der Waals surface area (Å²) in [6, 6.07) is 6.77. The maximum absolute atomic E-state index is 11.9. The molecule has 1 heterocycles. The second-order valence-corrected chi connectivity index (χ2v) is 3.64. The molecular weight excluding hydrogens is 234 g/mol. The van der Waals surface area contributed by atoms with Crippen LogP contribution in [0.2, 0.25) is 0 Å². The minimum absolute atomic E-state index is 0.220. The van der Waals surface area contributed by atoms with Crippen molar-refractivity contribution >= 4 is 11.7 Å². The monoisotopic (exact) mass is 247 g/mol. The Morgan fingerprint density at radius 2 is 2.11 bits per heavy atom. The van der Waals surface area contributed by atoms with E-state index in [1.54, 1.807) is 38.4 Å². The molecule has 0 aliphatic rings. The molecule has 0 saturated carbocycles. The van der Waals surface area contributed by atoms with E-state index in [0.717, 1.165) is 0 Å². The Balaban J connectivity index is 2.21. The molecule has 0 aliphatic carbocycles. The molecule has 1 aromatic carbocycles. The van der Waals surface area contributed by atoms with Crippen molar-refractivity contribution in [1.29, 1.82) is 0 Å². The first-order valence-corrected chi connectivity index (χ1v) is 5.25. The lowest BCUT2D eigenvalue weighted by molar-refractivity contribution is 0.0724. The number of benzene rings is 1. The Morgan fingerprint density at radius 1 is 1.39 bits per heavy atom. The van der Waals surface area contributed by atoms with Crippen molar-refractivity contribution in [3.8, 4) is 11.5 Å². The van der Waals surface area contributed by atoms with Crippen LogP contribution in [0.1, 0.15) is 10.5 Å². The van der Waals surface area contributed by atoms with Gasteiger partial charge in [0, 0.05) is 13.1 Å². The summed E-state index contributed by atoms with van der Waals surface area (Å²) in [5.41, 5.74) is 6.15. The number of hydrogen-bond donors (Lipinski definition) is 1. The highest BCUT2D eigenvalue weighted by Gasteiger charge is 2.17. The number of carbonyl (C=O) groups is 1. The van der Waals surface area contributed by atoms with Gasteiger partial charge in [-0.3, -0.25) is 4.68 Å². The Hall–Kier alpha value is -2.50. The fraction of sp³-hybridized carbons (Fsp3) is 0.167. The van der Waals surface area contributed by atoms with Gasteiger partial charge in [-0.2, -0.15) is 5.10 Å². The lowest BCUT2D eigenvalue weighted by Gasteiger charge is -2.06. The van der Waals surface area contributed by atoms with Gasteiger partial charge in [-0.1, -0.05) is 6.07 Å². The molecular formula is C12H13N3O3. The quantitative estimate of drug-likeness (QED) is 0.651. The normalized spacial score (nSPS) is 10.1. The predicted octanol–water partition coefficient (Wildman–Crippen LogP) is 1.23. The smallest absolute Gasteiger partial charge is 0.364 e. The van der Waals surface area contributed by atoms with Crippen molar-refractivity contribution in [2.75, 3.05) is 12.8 Å². The Bertz CT molecular complexity index is 558. The maximum atomic E-state index is 11.9. The number of rotatable bonds is 3. The van der Waals surface area contributed by atoms with Crippen molar-refractivity contribution in [2.45, 2.75) is 0 Å². The van der Waals surface area contributed by atoms with Gasteiger partial charge in [-0.05, 0) is 12.1 Å². The molecule has 1 aromatic heterocycles. The Morgan fingerprint density at radius 3 is 2.72 bits per heavy atom. The standard InChI is InChI=1S/C12H13N3O3/c1-15-11(10(13)7-14-15)12(16)18-9-5-3-4-8(6-9)17-2/h3-7H,13H2,1-2H3. The van der Waals surface area contributed by atoms with E-state index in [2.05, 4.69) is 5.10 Å². The summed E-state index contributed by atoms with van der Waals surface area (Å²) in [5.74, 6) is 0.444. The number of carbonyl (C=O) groups excluding carboxylic acids is 1. The zero-order valence-electron chi connectivity index (χ0n) is 10.1. The van der Waals surface area contributed by atoms with Crippen LogP contribution in [-0.4, -0.2) is 22.9 Å². The second kappa shape index (κ2) is 4.79. The van der Waals surface area contributed by atoms with E-state index in [1.165, 1.54) is 10.9 Å². The molecule has 0 amide bonds. The van der Waals surface area contributed by atoms with Gasteiger partial charge in [0.2, 0.25) is 0 Å². The van der Waals surface area contributed by atoms with E-state index < -0.39 is 5.97 Å². The minimum atomic E-state index is -0.555. The highest BCUT2D eigenvalue weighted by molar-refractivity contribution is 5.94. The van der Waals surface area contributed by atoms with Crippen LogP contribution in [0.5, 0.6) is 11.5 Å². The third kappa shape index (κ3) is 2.27.